The maximum Gasteiger partial charge on any atom is 0.416 e. The minimum atomic E-state index is -4.40. The third-order valence-electron chi connectivity index (χ3n) is 4.67. The van der Waals surface area contributed by atoms with Crippen LogP contribution in [0.25, 0.3) is 11.4 Å². The summed E-state index contributed by atoms with van der Waals surface area (Å²) in [5.74, 6) is 0.298. The van der Waals surface area contributed by atoms with E-state index in [9.17, 15) is 18.0 Å². The van der Waals surface area contributed by atoms with Crippen LogP contribution in [-0.2, 0) is 17.5 Å². The molecule has 1 unspecified atom stereocenters. The number of nitrogens with one attached hydrogen (secondary N) is 1. The first-order chi connectivity index (χ1) is 14.9. The van der Waals surface area contributed by atoms with Crippen molar-refractivity contribution in [2.75, 3.05) is 5.32 Å². The summed E-state index contributed by atoms with van der Waals surface area (Å²) >= 11 is 0. The van der Waals surface area contributed by atoms with Crippen molar-refractivity contribution >= 4 is 17.5 Å². The molecular formula is C21H23F3N6O2. The molecule has 32 heavy (non-hydrogen) atoms. The van der Waals surface area contributed by atoms with Gasteiger partial charge in [-0.05, 0) is 41.6 Å². The highest BCUT2D eigenvalue weighted by molar-refractivity contribution is 5.77. The number of para-hydroxylation sites is 1. The van der Waals surface area contributed by atoms with Gasteiger partial charge in [-0.15, -0.1) is 10.2 Å². The van der Waals surface area contributed by atoms with Crippen molar-refractivity contribution in [3.05, 3.63) is 54.1 Å². The van der Waals surface area contributed by atoms with Gasteiger partial charge < -0.3 is 15.8 Å². The zero-order valence-electron chi connectivity index (χ0n) is 17.7. The van der Waals surface area contributed by atoms with E-state index in [4.69, 9.17) is 10.5 Å². The SMILES string of the molecule is CC(C)(C)C(Cn1nnc(-c2ccccc2Nc2ccc(C(F)(F)F)cc2)n1)OC(N)=O. The van der Waals surface area contributed by atoms with Crippen LogP contribution in [0.4, 0.5) is 29.3 Å². The zero-order valence-corrected chi connectivity index (χ0v) is 17.7. The predicted molar refractivity (Wildman–Crippen MR) is 112 cm³/mol. The Kier molecular flexibility index (Phi) is 6.37. The van der Waals surface area contributed by atoms with Crippen LogP contribution in [0.1, 0.15) is 26.3 Å². The first kappa shape index (κ1) is 23.0. The molecule has 0 radical (unpaired) electrons. The van der Waals surface area contributed by atoms with E-state index >= 15 is 0 Å². The second kappa shape index (κ2) is 8.85. The van der Waals surface area contributed by atoms with Gasteiger partial charge in [0, 0.05) is 22.4 Å². The predicted octanol–water partition coefficient (Wildman–Crippen LogP) is 4.61. The lowest BCUT2D eigenvalue weighted by Gasteiger charge is -2.28. The second-order valence-corrected chi connectivity index (χ2v) is 8.21. The molecule has 0 aliphatic heterocycles. The number of hydrogen-bond donors (Lipinski definition) is 2. The first-order valence-electron chi connectivity index (χ1n) is 9.71. The molecular weight excluding hydrogens is 425 g/mol. The molecule has 1 aromatic heterocycles. The summed E-state index contributed by atoms with van der Waals surface area (Å²) in [5, 5.41) is 15.5. The van der Waals surface area contributed by atoms with Crippen molar-refractivity contribution in [3.63, 3.8) is 0 Å². The molecule has 0 spiro atoms. The topological polar surface area (TPSA) is 108 Å². The van der Waals surface area contributed by atoms with Crippen molar-refractivity contribution < 1.29 is 22.7 Å². The average molecular weight is 448 g/mol. The fourth-order valence-corrected chi connectivity index (χ4v) is 2.89. The number of carbonyl (C=O) groups excluding carboxylic acids is 1. The van der Waals surface area contributed by atoms with Crippen LogP contribution < -0.4 is 11.1 Å². The number of tetrazole rings is 1. The third kappa shape index (κ3) is 5.74. The van der Waals surface area contributed by atoms with E-state index in [0.717, 1.165) is 12.1 Å². The number of halogens is 3. The smallest absolute Gasteiger partial charge is 0.416 e. The van der Waals surface area contributed by atoms with E-state index in [-0.39, 0.29) is 6.54 Å². The molecule has 3 N–H and O–H groups in total. The molecule has 3 rings (SSSR count). The van der Waals surface area contributed by atoms with Gasteiger partial charge in [0.2, 0.25) is 5.82 Å². The van der Waals surface area contributed by atoms with Crippen molar-refractivity contribution in [1.29, 1.82) is 0 Å². The number of ether oxygens (including phenoxy) is 1. The molecule has 0 fully saturated rings. The number of carbonyl (C=O) groups is 1. The Morgan fingerprint density at radius 2 is 1.78 bits per heavy atom. The summed E-state index contributed by atoms with van der Waals surface area (Å²) in [6, 6.07) is 11.8. The fourth-order valence-electron chi connectivity index (χ4n) is 2.89. The summed E-state index contributed by atoms with van der Waals surface area (Å²) in [4.78, 5) is 12.5. The largest absolute Gasteiger partial charge is 0.444 e. The number of hydrogen-bond acceptors (Lipinski definition) is 6. The van der Waals surface area contributed by atoms with E-state index in [2.05, 4.69) is 20.7 Å². The van der Waals surface area contributed by atoms with Crippen molar-refractivity contribution in [2.24, 2.45) is 11.1 Å². The average Bonchev–Trinajstić information content (AvgIpc) is 3.15. The molecule has 170 valence electrons. The summed E-state index contributed by atoms with van der Waals surface area (Å²) in [6.07, 6.45) is -5.87. The van der Waals surface area contributed by atoms with Gasteiger partial charge >= 0.3 is 12.3 Å². The molecule has 2 aromatic carbocycles. The van der Waals surface area contributed by atoms with Gasteiger partial charge in [-0.1, -0.05) is 32.9 Å². The Morgan fingerprint density at radius 1 is 1.12 bits per heavy atom. The second-order valence-electron chi connectivity index (χ2n) is 8.21. The normalized spacial score (nSPS) is 12.9. The van der Waals surface area contributed by atoms with E-state index in [1.165, 1.54) is 16.9 Å². The number of amides is 1. The Morgan fingerprint density at radius 3 is 2.38 bits per heavy atom. The van der Waals surface area contributed by atoms with Crippen molar-refractivity contribution in [2.45, 2.75) is 39.6 Å². The standard InChI is InChI=1S/C21H23F3N6O2/c1-20(2,3)17(32-19(25)31)12-30-28-18(27-29-30)15-6-4-5-7-16(15)26-14-10-8-13(9-11-14)21(22,23)24/h4-11,17,26H,12H2,1-3H3,(H2,25,31). The van der Waals surface area contributed by atoms with E-state index in [1.54, 1.807) is 24.3 Å². The van der Waals surface area contributed by atoms with E-state index in [0.29, 0.717) is 22.8 Å². The molecule has 1 amide bonds. The van der Waals surface area contributed by atoms with Gasteiger partial charge in [0.15, 0.2) is 0 Å². The number of alkyl halides is 3. The quantitative estimate of drug-likeness (QED) is 0.570. The summed E-state index contributed by atoms with van der Waals surface area (Å²) in [7, 11) is 0. The fraction of sp³-hybridized carbons (Fsp3) is 0.333. The highest BCUT2D eigenvalue weighted by Gasteiger charge is 2.30. The Labute approximate surface area is 182 Å². The number of benzene rings is 2. The molecule has 1 heterocycles. The third-order valence-corrected chi connectivity index (χ3v) is 4.67. The number of rotatable bonds is 6. The van der Waals surface area contributed by atoms with Crippen molar-refractivity contribution in [1.82, 2.24) is 20.2 Å². The number of aromatic nitrogens is 4. The first-order valence-corrected chi connectivity index (χ1v) is 9.71. The number of nitrogens with two attached hydrogens (primary N) is 1. The number of primary amides is 1. The van der Waals surface area contributed by atoms with Gasteiger partial charge in [0.05, 0.1) is 5.56 Å². The van der Waals surface area contributed by atoms with E-state index < -0.39 is 29.4 Å². The molecule has 0 aliphatic carbocycles. The van der Waals surface area contributed by atoms with Gasteiger partial charge in [0.1, 0.15) is 12.6 Å². The maximum atomic E-state index is 12.8. The Hall–Kier alpha value is -3.63. The molecule has 1 atom stereocenters. The molecule has 8 nitrogen and oxygen atoms in total. The Balaban J connectivity index is 1.82. The highest BCUT2D eigenvalue weighted by Crippen LogP contribution is 2.32. The van der Waals surface area contributed by atoms with E-state index in [1.807, 2.05) is 20.8 Å². The van der Waals surface area contributed by atoms with Gasteiger partial charge in [-0.25, -0.2) is 4.79 Å². The lowest BCUT2D eigenvalue weighted by atomic mass is 9.89. The van der Waals surface area contributed by atoms with Crippen molar-refractivity contribution in [3.8, 4) is 11.4 Å². The highest BCUT2D eigenvalue weighted by atomic mass is 19.4. The molecule has 0 aliphatic rings. The monoisotopic (exact) mass is 448 g/mol. The summed E-state index contributed by atoms with van der Waals surface area (Å²) < 4.78 is 43.5. The van der Waals surface area contributed by atoms with Gasteiger partial charge in [-0.2, -0.15) is 18.0 Å². The molecule has 3 aromatic rings. The summed E-state index contributed by atoms with van der Waals surface area (Å²) in [5.41, 5.74) is 5.69. The molecule has 11 heteroatoms. The van der Waals surface area contributed by atoms with Gasteiger partial charge in [-0.3, -0.25) is 0 Å². The maximum absolute atomic E-state index is 12.8. The van der Waals surface area contributed by atoms with Crippen LogP contribution in [-0.4, -0.2) is 32.4 Å². The zero-order chi connectivity index (χ0) is 23.5. The van der Waals surface area contributed by atoms with Crippen LogP contribution in [0.2, 0.25) is 0 Å². The lowest BCUT2D eigenvalue weighted by Crippen LogP contribution is -2.37. The number of nitrogens with zero attached hydrogens (tertiary/aromatic N) is 4. The Bertz CT molecular complexity index is 1070. The van der Waals surface area contributed by atoms with Crippen LogP contribution in [0.5, 0.6) is 0 Å². The summed E-state index contributed by atoms with van der Waals surface area (Å²) in [6.45, 7) is 5.82. The van der Waals surface area contributed by atoms with Crippen LogP contribution in [0, 0.1) is 5.41 Å². The molecule has 0 saturated carbocycles. The van der Waals surface area contributed by atoms with Gasteiger partial charge in [0.25, 0.3) is 0 Å². The molecule has 0 bridgehead atoms. The minimum absolute atomic E-state index is 0.147. The number of anilines is 2. The van der Waals surface area contributed by atoms with Crippen LogP contribution in [0.15, 0.2) is 48.5 Å². The minimum Gasteiger partial charge on any atom is -0.444 e. The lowest BCUT2D eigenvalue weighted by molar-refractivity contribution is -0.137. The molecule has 0 saturated heterocycles. The van der Waals surface area contributed by atoms with Crippen LogP contribution in [0.3, 0.4) is 0 Å². The van der Waals surface area contributed by atoms with Crippen LogP contribution >= 0.6 is 0 Å².